The van der Waals surface area contributed by atoms with Gasteiger partial charge < -0.3 is 0 Å². The molecule has 0 unspecified atom stereocenters. The molecule has 3 saturated heterocycles. The number of imide groups is 2. The average molecular weight is 461 g/mol. The standard InChI is InChI=1S/C26H28N4O4/c31-23-15-21(25(33)29(23)17-19-7-3-1-4-8-19)27-11-13-28(14-12-27)22-16-24(32)30(26(22)34)18-20-9-5-2-6-10-20/h1-10,21-22H,11-18H2/t21-,22+. The van der Waals surface area contributed by atoms with Gasteiger partial charge in [0.15, 0.2) is 0 Å². The van der Waals surface area contributed by atoms with Crippen molar-refractivity contribution < 1.29 is 19.2 Å². The Bertz CT molecular complexity index is 995. The molecule has 2 aromatic carbocycles. The summed E-state index contributed by atoms with van der Waals surface area (Å²) in [5.74, 6) is -0.587. The summed E-state index contributed by atoms with van der Waals surface area (Å²) in [4.78, 5) is 57.9. The Morgan fingerprint density at radius 2 is 0.912 bits per heavy atom. The number of nitrogens with zero attached hydrogens (tertiary/aromatic N) is 4. The maximum atomic E-state index is 13.0. The largest absolute Gasteiger partial charge is 0.289 e. The highest BCUT2D eigenvalue weighted by Crippen LogP contribution is 2.26. The molecule has 34 heavy (non-hydrogen) atoms. The number of amides is 4. The minimum Gasteiger partial charge on any atom is -0.289 e. The highest BCUT2D eigenvalue weighted by molar-refractivity contribution is 6.06. The lowest BCUT2D eigenvalue weighted by Gasteiger charge is -2.38. The van der Waals surface area contributed by atoms with Crippen LogP contribution in [0.4, 0.5) is 0 Å². The fourth-order valence-electron chi connectivity index (χ4n) is 5.13. The number of carbonyl (C=O) groups excluding carboxylic acids is 4. The van der Waals surface area contributed by atoms with Crippen molar-refractivity contribution in [2.45, 2.75) is 38.0 Å². The molecule has 0 saturated carbocycles. The van der Waals surface area contributed by atoms with Gasteiger partial charge in [-0.1, -0.05) is 60.7 Å². The molecule has 2 aromatic rings. The number of carbonyl (C=O) groups is 4. The molecule has 0 aromatic heterocycles. The third-order valence-corrected chi connectivity index (χ3v) is 7.04. The summed E-state index contributed by atoms with van der Waals surface area (Å²) in [5.41, 5.74) is 1.86. The average Bonchev–Trinajstić information content (AvgIpc) is 3.30. The molecule has 3 fully saturated rings. The van der Waals surface area contributed by atoms with E-state index in [0.717, 1.165) is 11.1 Å². The first-order valence-electron chi connectivity index (χ1n) is 11.8. The van der Waals surface area contributed by atoms with Gasteiger partial charge in [-0.15, -0.1) is 0 Å². The maximum absolute atomic E-state index is 13.0. The van der Waals surface area contributed by atoms with Crippen molar-refractivity contribution in [1.29, 1.82) is 0 Å². The molecule has 0 bridgehead atoms. The van der Waals surface area contributed by atoms with Gasteiger partial charge in [0.1, 0.15) is 0 Å². The number of piperazine rings is 1. The number of benzene rings is 2. The normalized spacial score (nSPS) is 24.5. The van der Waals surface area contributed by atoms with Gasteiger partial charge in [0.2, 0.25) is 23.6 Å². The molecule has 0 spiro atoms. The molecule has 3 aliphatic rings. The Hall–Kier alpha value is -3.36. The predicted octanol–water partition coefficient (Wildman–Crippen LogP) is 1.26. The monoisotopic (exact) mass is 460 g/mol. The summed E-state index contributed by atoms with van der Waals surface area (Å²) in [5, 5.41) is 0. The maximum Gasteiger partial charge on any atom is 0.247 e. The fraction of sp³-hybridized carbons (Fsp3) is 0.385. The first-order valence-corrected chi connectivity index (χ1v) is 11.8. The van der Waals surface area contributed by atoms with Gasteiger partial charge >= 0.3 is 0 Å². The van der Waals surface area contributed by atoms with E-state index in [1.165, 1.54) is 9.80 Å². The van der Waals surface area contributed by atoms with Crippen LogP contribution in [-0.4, -0.2) is 81.5 Å². The second kappa shape index (κ2) is 9.48. The smallest absolute Gasteiger partial charge is 0.247 e. The van der Waals surface area contributed by atoms with E-state index >= 15 is 0 Å². The molecule has 0 aliphatic carbocycles. The molecular weight excluding hydrogens is 432 g/mol. The van der Waals surface area contributed by atoms with E-state index in [1.54, 1.807) is 0 Å². The summed E-state index contributed by atoms with van der Waals surface area (Å²) in [6, 6.07) is 18.1. The van der Waals surface area contributed by atoms with Crippen molar-refractivity contribution >= 4 is 23.6 Å². The lowest BCUT2D eigenvalue weighted by Crippen LogP contribution is -2.56. The van der Waals surface area contributed by atoms with E-state index < -0.39 is 12.1 Å². The van der Waals surface area contributed by atoms with Crippen LogP contribution in [0.1, 0.15) is 24.0 Å². The van der Waals surface area contributed by atoms with Gasteiger partial charge in [-0.2, -0.15) is 0 Å². The van der Waals surface area contributed by atoms with E-state index in [1.807, 2.05) is 70.5 Å². The van der Waals surface area contributed by atoms with Crippen LogP contribution in [-0.2, 0) is 32.3 Å². The van der Waals surface area contributed by atoms with Gasteiger partial charge in [-0.3, -0.25) is 38.8 Å². The van der Waals surface area contributed by atoms with Gasteiger partial charge in [0.25, 0.3) is 0 Å². The van der Waals surface area contributed by atoms with Crippen molar-refractivity contribution in [2.75, 3.05) is 26.2 Å². The number of hydrogen-bond acceptors (Lipinski definition) is 6. The van der Waals surface area contributed by atoms with Crippen molar-refractivity contribution in [1.82, 2.24) is 19.6 Å². The van der Waals surface area contributed by atoms with Crippen LogP contribution in [0.2, 0.25) is 0 Å². The highest BCUT2D eigenvalue weighted by atomic mass is 16.2. The Balaban J connectivity index is 1.17. The summed E-state index contributed by atoms with van der Waals surface area (Å²) in [7, 11) is 0. The fourth-order valence-corrected chi connectivity index (χ4v) is 5.13. The zero-order valence-corrected chi connectivity index (χ0v) is 19.0. The minimum atomic E-state index is -0.450. The molecule has 0 N–H and O–H groups in total. The van der Waals surface area contributed by atoms with Crippen molar-refractivity contribution in [2.24, 2.45) is 0 Å². The van der Waals surface area contributed by atoms with Crippen molar-refractivity contribution in [3.05, 3.63) is 71.8 Å². The van der Waals surface area contributed by atoms with E-state index in [4.69, 9.17) is 0 Å². The van der Waals surface area contributed by atoms with Crippen LogP contribution in [0.15, 0.2) is 60.7 Å². The molecule has 2 atom stereocenters. The first-order chi connectivity index (χ1) is 16.5. The first kappa shape index (κ1) is 22.4. The molecule has 8 nitrogen and oxygen atoms in total. The predicted molar refractivity (Wildman–Crippen MR) is 124 cm³/mol. The Kier molecular flexibility index (Phi) is 6.26. The number of hydrogen-bond donors (Lipinski definition) is 0. The summed E-state index contributed by atoms with van der Waals surface area (Å²) >= 11 is 0. The van der Waals surface area contributed by atoms with Crippen LogP contribution in [0.25, 0.3) is 0 Å². The van der Waals surface area contributed by atoms with Crippen molar-refractivity contribution in [3.63, 3.8) is 0 Å². The topological polar surface area (TPSA) is 81.2 Å². The second-order valence-corrected chi connectivity index (χ2v) is 9.12. The van der Waals surface area contributed by atoms with Gasteiger partial charge in [0.05, 0.1) is 38.0 Å². The second-order valence-electron chi connectivity index (χ2n) is 9.12. The van der Waals surface area contributed by atoms with E-state index in [2.05, 4.69) is 0 Å². The van der Waals surface area contributed by atoms with E-state index in [0.29, 0.717) is 39.3 Å². The van der Waals surface area contributed by atoms with Crippen LogP contribution in [0.5, 0.6) is 0 Å². The quantitative estimate of drug-likeness (QED) is 0.604. The molecule has 3 heterocycles. The van der Waals surface area contributed by atoms with Gasteiger partial charge in [0, 0.05) is 26.2 Å². The van der Waals surface area contributed by atoms with E-state index in [-0.39, 0.29) is 36.5 Å². The van der Waals surface area contributed by atoms with Crippen LogP contribution in [0.3, 0.4) is 0 Å². The third-order valence-electron chi connectivity index (χ3n) is 7.04. The van der Waals surface area contributed by atoms with E-state index in [9.17, 15) is 19.2 Å². The molecule has 176 valence electrons. The molecule has 5 rings (SSSR count). The Morgan fingerprint density at radius 1 is 0.559 bits per heavy atom. The Labute approximate surface area is 198 Å². The SMILES string of the molecule is O=C1C[C@@H](N2CCN([C@H]3CC(=O)N(Cc4ccccc4)C3=O)CC2)C(=O)N1Cc1ccccc1. The number of likely N-dealkylation sites (tertiary alicyclic amines) is 2. The van der Waals surface area contributed by atoms with Crippen LogP contribution < -0.4 is 0 Å². The van der Waals surface area contributed by atoms with Crippen molar-refractivity contribution in [3.8, 4) is 0 Å². The minimum absolute atomic E-state index is 0.144. The van der Waals surface area contributed by atoms with Crippen LogP contribution in [0, 0.1) is 0 Å². The van der Waals surface area contributed by atoms with Gasteiger partial charge in [-0.05, 0) is 11.1 Å². The zero-order valence-electron chi connectivity index (χ0n) is 19.0. The summed E-state index contributed by atoms with van der Waals surface area (Å²) < 4.78 is 0. The summed E-state index contributed by atoms with van der Waals surface area (Å²) in [6.07, 6.45) is 0.384. The molecule has 4 amide bonds. The zero-order chi connectivity index (χ0) is 23.7. The lowest BCUT2D eigenvalue weighted by atomic mass is 10.1. The molecule has 8 heteroatoms. The van der Waals surface area contributed by atoms with Gasteiger partial charge in [-0.25, -0.2) is 0 Å². The summed E-state index contributed by atoms with van der Waals surface area (Å²) in [6.45, 7) is 2.92. The lowest BCUT2D eigenvalue weighted by molar-refractivity contribution is -0.143. The van der Waals surface area contributed by atoms with Crippen LogP contribution >= 0.6 is 0 Å². The molecule has 3 aliphatic heterocycles. The third kappa shape index (κ3) is 4.38. The Morgan fingerprint density at radius 3 is 1.26 bits per heavy atom. The number of rotatable bonds is 6. The molecular formula is C26H28N4O4. The highest BCUT2D eigenvalue weighted by Gasteiger charge is 2.45. The molecule has 0 radical (unpaired) electrons.